The molecule has 5 nitrogen and oxygen atoms in total. The van der Waals surface area contributed by atoms with Gasteiger partial charge in [0, 0.05) is 19.8 Å². The summed E-state index contributed by atoms with van der Waals surface area (Å²) in [5.74, 6) is -0.326. The van der Waals surface area contributed by atoms with Gasteiger partial charge < -0.3 is 18.9 Å². The fraction of sp³-hybridized carbons (Fsp3) is 0.941. The van der Waals surface area contributed by atoms with Crippen molar-refractivity contribution in [1.82, 2.24) is 0 Å². The van der Waals surface area contributed by atoms with Crippen LogP contribution in [0.3, 0.4) is 0 Å². The third-order valence-corrected chi connectivity index (χ3v) is 3.72. The number of rotatable bonds is 12. The van der Waals surface area contributed by atoms with Crippen LogP contribution in [0.25, 0.3) is 0 Å². The zero-order valence-corrected chi connectivity index (χ0v) is 14.3. The average molecular weight is 316 g/mol. The molecular weight excluding hydrogens is 284 g/mol. The van der Waals surface area contributed by atoms with E-state index in [1.807, 2.05) is 0 Å². The Morgan fingerprint density at radius 1 is 0.909 bits per heavy atom. The normalized spacial score (nSPS) is 25.2. The maximum atomic E-state index is 12.0. The second-order valence-electron chi connectivity index (χ2n) is 5.73. The van der Waals surface area contributed by atoms with E-state index in [2.05, 4.69) is 20.8 Å². The van der Waals surface area contributed by atoms with Crippen molar-refractivity contribution < 1.29 is 23.7 Å². The highest BCUT2D eigenvalue weighted by Gasteiger charge is 2.42. The SMILES string of the molecule is CCCCO[C@H]1[C@H](OCCCC)COC(=O)[C@@H]1OCCCC. The van der Waals surface area contributed by atoms with Gasteiger partial charge in [0.15, 0.2) is 6.10 Å². The van der Waals surface area contributed by atoms with Crippen molar-refractivity contribution in [3.05, 3.63) is 0 Å². The quantitative estimate of drug-likeness (QED) is 0.409. The van der Waals surface area contributed by atoms with Crippen molar-refractivity contribution in [3.63, 3.8) is 0 Å². The average Bonchev–Trinajstić information content (AvgIpc) is 2.52. The minimum Gasteiger partial charge on any atom is -0.461 e. The Balaban J connectivity index is 2.61. The van der Waals surface area contributed by atoms with Crippen LogP contribution >= 0.6 is 0 Å². The Hall–Kier alpha value is -0.650. The lowest BCUT2D eigenvalue weighted by atomic mass is 10.1. The van der Waals surface area contributed by atoms with Crippen molar-refractivity contribution in [2.75, 3.05) is 26.4 Å². The molecule has 130 valence electrons. The van der Waals surface area contributed by atoms with E-state index in [1.54, 1.807) is 0 Å². The summed E-state index contributed by atoms with van der Waals surface area (Å²) in [5.41, 5.74) is 0. The topological polar surface area (TPSA) is 54.0 Å². The molecule has 1 fully saturated rings. The van der Waals surface area contributed by atoms with Crippen molar-refractivity contribution in [2.24, 2.45) is 0 Å². The first-order chi connectivity index (χ1) is 10.7. The molecule has 0 aromatic rings. The van der Waals surface area contributed by atoms with Crippen molar-refractivity contribution in [1.29, 1.82) is 0 Å². The standard InChI is InChI=1S/C17H32O5/c1-4-7-10-19-14-13-22-17(18)16(21-12-9-6-3)15(14)20-11-8-5-2/h14-16H,4-13H2,1-3H3/t14-,15+,16-/m1/s1. The smallest absolute Gasteiger partial charge is 0.338 e. The molecule has 0 aromatic heterocycles. The van der Waals surface area contributed by atoms with E-state index in [0.29, 0.717) is 19.8 Å². The van der Waals surface area contributed by atoms with Crippen molar-refractivity contribution >= 4 is 5.97 Å². The van der Waals surface area contributed by atoms with Gasteiger partial charge in [-0.2, -0.15) is 0 Å². The Labute approximate surface area is 134 Å². The van der Waals surface area contributed by atoms with Gasteiger partial charge in [-0.15, -0.1) is 0 Å². The highest BCUT2D eigenvalue weighted by Crippen LogP contribution is 2.21. The van der Waals surface area contributed by atoms with E-state index in [-0.39, 0.29) is 24.8 Å². The maximum Gasteiger partial charge on any atom is 0.338 e. The number of esters is 1. The molecule has 22 heavy (non-hydrogen) atoms. The molecule has 0 aromatic carbocycles. The Kier molecular flexibility index (Phi) is 10.5. The largest absolute Gasteiger partial charge is 0.461 e. The van der Waals surface area contributed by atoms with E-state index >= 15 is 0 Å². The third kappa shape index (κ3) is 6.63. The molecule has 0 aliphatic carbocycles. The molecule has 0 radical (unpaired) electrons. The molecule has 0 spiro atoms. The molecule has 1 aliphatic heterocycles. The second kappa shape index (κ2) is 11.9. The van der Waals surface area contributed by atoms with E-state index in [0.717, 1.165) is 38.5 Å². The summed E-state index contributed by atoms with van der Waals surface area (Å²) in [6.07, 6.45) is 4.79. The number of unbranched alkanes of at least 4 members (excludes halogenated alkanes) is 3. The van der Waals surface area contributed by atoms with Gasteiger partial charge in [0.25, 0.3) is 0 Å². The minimum atomic E-state index is -0.663. The predicted octanol–water partition coefficient (Wildman–Crippen LogP) is 3.10. The number of hydrogen-bond donors (Lipinski definition) is 0. The molecule has 1 heterocycles. The molecule has 1 saturated heterocycles. The minimum absolute atomic E-state index is 0.229. The van der Waals surface area contributed by atoms with Gasteiger partial charge in [-0.1, -0.05) is 40.0 Å². The van der Waals surface area contributed by atoms with Gasteiger partial charge in [-0.05, 0) is 19.3 Å². The molecule has 0 amide bonds. The van der Waals surface area contributed by atoms with Gasteiger partial charge in [-0.25, -0.2) is 4.79 Å². The summed E-state index contributed by atoms with van der Waals surface area (Å²) < 4.78 is 22.8. The Morgan fingerprint density at radius 2 is 1.45 bits per heavy atom. The van der Waals surface area contributed by atoms with E-state index in [9.17, 15) is 4.79 Å². The molecule has 0 unspecified atom stereocenters. The summed E-state index contributed by atoms with van der Waals surface area (Å²) in [7, 11) is 0. The zero-order valence-electron chi connectivity index (χ0n) is 14.3. The van der Waals surface area contributed by atoms with Crippen molar-refractivity contribution in [2.45, 2.75) is 77.6 Å². The molecular formula is C17H32O5. The fourth-order valence-electron chi connectivity index (χ4n) is 2.27. The van der Waals surface area contributed by atoms with E-state index < -0.39 is 6.10 Å². The first-order valence-corrected chi connectivity index (χ1v) is 8.75. The summed E-state index contributed by atoms with van der Waals surface area (Å²) in [4.78, 5) is 12.0. The lowest BCUT2D eigenvalue weighted by Crippen LogP contribution is -2.54. The van der Waals surface area contributed by atoms with Gasteiger partial charge in [0.1, 0.15) is 18.8 Å². The fourth-order valence-corrected chi connectivity index (χ4v) is 2.27. The van der Waals surface area contributed by atoms with Gasteiger partial charge in [0.05, 0.1) is 0 Å². The summed E-state index contributed by atoms with van der Waals surface area (Å²) >= 11 is 0. The van der Waals surface area contributed by atoms with Crippen LogP contribution in [0.4, 0.5) is 0 Å². The van der Waals surface area contributed by atoms with Gasteiger partial charge in [0.2, 0.25) is 0 Å². The highest BCUT2D eigenvalue weighted by atomic mass is 16.6. The molecule has 0 bridgehead atoms. The number of carbonyl (C=O) groups is 1. The molecule has 5 heteroatoms. The second-order valence-corrected chi connectivity index (χ2v) is 5.73. The van der Waals surface area contributed by atoms with E-state index in [1.165, 1.54) is 0 Å². The maximum absolute atomic E-state index is 12.0. The number of cyclic esters (lactones) is 1. The van der Waals surface area contributed by atoms with Gasteiger partial charge >= 0.3 is 5.97 Å². The zero-order chi connectivity index (χ0) is 16.2. The molecule has 0 N–H and O–H groups in total. The van der Waals surface area contributed by atoms with Crippen molar-refractivity contribution in [3.8, 4) is 0 Å². The summed E-state index contributed by atoms with van der Waals surface area (Å²) in [6, 6.07) is 0. The summed E-state index contributed by atoms with van der Waals surface area (Å²) in [6.45, 7) is 8.41. The Morgan fingerprint density at radius 3 is 2.05 bits per heavy atom. The van der Waals surface area contributed by atoms with E-state index in [4.69, 9.17) is 18.9 Å². The third-order valence-electron chi connectivity index (χ3n) is 3.72. The lowest BCUT2D eigenvalue weighted by molar-refractivity contribution is -0.210. The van der Waals surface area contributed by atoms with Crippen LogP contribution in [0.5, 0.6) is 0 Å². The Bertz CT molecular complexity index is 295. The number of hydrogen-bond acceptors (Lipinski definition) is 5. The molecule has 1 rings (SSSR count). The molecule has 1 aliphatic rings. The first kappa shape index (κ1) is 19.4. The molecule has 3 atom stereocenters. The predicted molar refractivity (Wildman–Crippen MR) is 84.9 cm³/mol. The lowest BCUT2D eigenvalue weighted by Gasteiger charge is -2.36. The van der Waals surface area contributed by atoms with Crippen LogP contribution in [-0.2, 0) is 23.7 Å². The van der Waals surface area contributed by atoms with Crippen LogP contribution in [0.2, 0.25) is 0 Å². The monoisotopic (exact) mass is 316 g/mol. The van der Waals surface area contributed by atoms with Crippen LogP contribution in [0.1, 0.15) is 59.3 Å². The first-order valence-electron chi connectivity index (χ1n) is 8.75. The highest BCUT2D eigenvalue weighted by molar-refractivity contribution is 5.76. The van der Waals surface area contributed by atoms with Gasteiger partial charge in [-0.3, -0.25) is 0 Å². The number of carbonyl (C=O) groups excluding carboxylic acids is 1. The number of ether oxygens (including phenoxy) is 4. The molecule has 0 saturated carbocycles. The van der Waals surface area contributed by atoms with Crippen LogP contribution in [0.15, 0.2) is 0 Å². The summed E-state index contributed by atoms with van der Waals surface area (Å²) in [5, 5.41) is 0. The van der Waals surface area contributed by atoms with Crippen LogP contribution in [-0.4, -0.2) is 50.7 Å². The van der Waals surface area contributed by atoms with Crippen LogP contribution in [0, 0.1) is 0 Å². The van der Waals surface area contributed by atoms with Crippen LogP contribution < -0.4 is 0 Å².